The fourth-order valence-electron chi connectivity index (χ4n) is 1.20. The molecule has 0 heterocycles. The van der Waals surface area contributed by atoms with Crippen molar-refractivity contribution < 1.29 is 9.53 Å². The van der Waals surface area contributed by atoms with Crippen LogP contribution in [-0.2, 0) is 16.0 Å². The second-order valence-electron chi connectivity index (χ2n) is 2.98. The van der Waals surface area contributed by atoms with Gasteiger partial charge in [0, 0.05) is 8.04 Å². The van der Waals surface area contributed by atoms with Crippen LogP contribution in [0, 0.1) is 14.9 Å². The van der Waals surface area contributed by atoms with Crippen LogP contribution in [0.15, 0.2) is 16.6 Å². The number of ether oxygens (including phenoxy) is 1. The average molecular weight is 394 g/mol. The molecular formula is C11H9BrINO2. The summed E-state index contributed by atoms with van der Waals surface area (Å²) in [4.78, 5) is 11.4. The maximum Gasteiger partial charge on any atom is 0.310 e. The molecule has 1 rings (SSSR count). The highest BCUT2D eigenvalue weighted by Crippen LogP contribution is 2.26. The normalized spacial score (nSPS) is 9.62. The zero-order chi connectivity index (χ0) is 12.1. The number of nitrogens with zero attached hydrogens (tertiary/aromatic N) is 1. The second kappa shape index (κ2) is 6.21. The van der Waals surface area contributed by atoms with Crippen LogP contribution >= 0.6 is 38.5 Å². The summed E-state index contributed by atoms with van der Waals surface area (Å²) in [6.45, 7) is 2.13. The van der Waals surface area contributed by atoms with Crippen LogP contribution in [0.1, 0.15) is 18.1 Å². The van der Waals surface area contributed by atoms with Gasteiger partial charge in [-0.2, -0.15) is 5.26 Å². The smallest absolute Gasteiger partial charge is 0.310 e. The van der Waals surface area contributed by atoms with Gasteiger partial charge in [0.2, 0.25) is 0 Å². The van der Waals surface area contributed by atoms with E-state index in [4.69, 9.17) is 10.00 Å². The van der Waals surface area contributed by atoms with Crippen molar-refractivity contribution in [3.05, 3.63) is 31.3 Å². The summed E-state index contributed by atoms with van der Waals surface area (Å²) < 4.78 is 6.50. The Kier molecular flexibility index (Phi) is 5.22. The van der Waals surface area contributed by atoms with Crippen LogP contribution in [-0.4, -0.2) is 12.6 Å². The van der Waals surface area contributed by atoms with E-state index in [2.05, 4.69) is 44.6 Å². The molecule has 0 saturated heterocycles. The Balaban J connectivity index is 3.04. The third-order valence-electron chi connectivity index (χ3n) is 1.93. The van der Waals surface area contributed by atoms with Gasteiger partial charge < -0.3 is 4.74 Å². The molecule has 0 spiro atoms. The van der Waals surface area contributed by atoms with Crippen molar-refractivity contribution in [3.8, 4) is 6.07 Å². The fraction of sp³-hybridized carbons (Fsp3) is 0.273. The molecule has 0 radical (unpaired) electrons. The summed E-state index contributed by atoms with van der Waals surface area (Å²) in [6, 6.07) is 5.58. The van der Waals surface area contributed by atoms with Crippen molar-refractivity contribution in [3.63, 3.8) is 0 Å². The maximum atomic E-state index is 11.4. The Labute approximate surface area is 116 Å². The number of esters is 1. The van der Waals surface area contributed by atoms with Gasteiger partial charge in [0.1, 0.15) is 6.07 Å². The van der Waals surface area contributed by atoms with Gasteiger partial charge in [0.15, 0.2) is 0 Å². The molecule has 1 aromatic carbocycles. The number of carbonyl (C=O) groups is 1. The summed E-state index contributed by atoms with van der Waals surface area (Å²) >= 11 is 5.44. The summed E-state index contributed by atoms with van der Waals surface area (Å²) in [5.41, 5.74) is 1.38. The summed E-state index contributed by atoms with van der Waals surface area (Å²) in [5, 5.41) is 8.88. The molecule has 0 aromatic heterocycles. The van der Waals surface area contributed by atoms with E-state index >= 15 is 0 Å². The first-order chi connectivity index (χ1) is 7.60. The van der Waals surface area contributed by atoms with Gasteiger partial charge in [-0.3, -0.25) is 4.79 Å². The Hall–Kier alpha value is -0.610. The lowest BCUT2D eigenvalue weighted by atomic mass is 10.1. The van der Waals surface area contributed by atoms with Gasteiger partial charge >= 0.3 is 5.97 Å². The zero-order valence-electron chi connectivity index (χ0n) is 8.59. The van der Waals surface area contributed by atoms with E-state index in [-0.39, 0.29) is 12.4 Å². The van der Waals surface area contributed by atoms with Crippen molar-refractivity contribution in [2.75, 3.05) is 6.61 Å². The van der Waals surface area contributed by atoms with Crippen LogP contribution < -0.4 is 0 Å². The van der Waals surface area contributed by atoms with Crippen molar-refractivity contribution in [2.45, 2.75) is 13.3 Å². The molecule has 0 unspecified atom stereocenters. The van der Waals surface area contributed by atoms with Crippen LogP contribution in [0.3, 0.4) is 0 Å². The van der Waals surface area contributed by atoms with E-state index in [9.17, 15) is 4.79 Å². The monoisotopic (exact) mass is 393 g/mol. The molecule has 0 saturated carbocycles. The molecule has 0 aliphatic carbocycles. The van der Waals surface area contributed by atoms with E-state index < -0.39 is 0 Å². The van der Waals surface area contributed by atoms with Gasteiger partial charge in [-0.15, -0.1) is 0 Å². The van der Waals surface area contributed by atoms with E-state index in [1.54, 1.807) is 19.1 Å². The number of rotatable bonds is 3. The van der Waals surface area contributed by atoms with Gasteiger partial charge in [0.05, 0.1) is 18.6 Å². The van der Waals surface area contributed by atoms with Crippen molar-refractivity contribution in [1.29, 1.82) is 5.26 Å². The van der Waals surface area contributed by atoms with E-state index in [1.165, 1.54) is 0 Å². The average Bonchev–Trinajstić information content (AvgIpc) is 2.25. The third kappa shape index (κ3) is 3.19. The van der Waals surface area contributed by atoms with Gasteiger partial charge in [0.25, 0.3) is 0 Å². The molecule has 0 aliphatic heterocycles. The van der Waals surface area contributed by atoms with Gasteiger partial charge in [-0.25, -0.2) is 0 Å². The first-order valence-corrected chi connectivity index (χ1v) is 6.50. The highest BCUT2D eigenvalue weighted by Gasteiger charge is 2.13. The molecule has 3 nitrogen and oxygen atoms in total. The topological polar surface area (TPSA) is 50.1 Å². The Morgan fingerprint density at radius 3 is 2.88 bits per heavy atom. The SMILES string of the molecule is CCOC(=O)Cc1c(Br)ccc(C#N)c1I. The van der Waals surface area contributed by atoms with Crippen LogP contribution in [0.4, 0.5) is 0 Å². The van der Waals surface area contributed by atoms with Crippen LogP contribution in [0.2, 0.25) is 0 Å². The lowest BCUT2D eigenvalue weighted by molar-refractivity contribution is -0.142. The lowest BCUT2D eigenvalue weighted by Crippen LogP contribution is -2.09. The predicted octanol–water partition coefficient (Wildman–Crippen LogP) is 3.03. The Morgan fingerprint density at radius 2 is 2.31 bits per heavy atom. The van der Waals surface area contributed by atoms with Crippen LogP contribution in [0.5, 0.6) is 0 Å². The Bertz CT molecular complexity index is 454. The number of hydrogen-bond acceptors (Lipinski definition) is 3. The molecular weight excluding hydrogens is 385 g/mol. The quantitative estimate of drug-likeness (QED) is 0.585. The predicted molar refractivity (Wildman–Crippen MR) is 71.9 cm³/mol. The fourth-order valence-corrected chi connectivity index (χ4v) is 2.83. The number of nitriles is 1. The molecule has 1 aromatic rings. The molecule has 16 heavy (non-hydrogen) atoms. The largest absolute Gasteiger partial charge is 0.466 e. The molecule has 0 fully saturated rings. The highest BCUT2D eigenvalue weighted by molar-refractivity contribution is 14.1. The van der Waals surface area contributed by atoms with Crippen molar-refractivity contribution >= 4 is 44.5 Å². The molecule has 0 N–H and O–H groups in total. The van der Waals surface area contributed by atoms with E-state index in [1.807, 2.05) is 0 Å². The minimum atomic E-state index is -0.281. The van der Waals surface area contributed by atoms with Crippen LogP contribution in [0.25, 0.3) is 0 Å². The summed E-state index contributed by atoms with van der Waals surface area (Å²) in [6.07, 6.45) is 0.183. The molecule has 5 heteroatoms. The first-order valence-electron chi connectivity index (χ1n) is 4.62. The van der Waals surface area contributed by atoms with E-state index in [0.717, 1.165) is 13.6 Å². The standard InChI is InChI=1S/C11H9BrINO2/c1-2-16-10(15)5-8-9(12)4-3-7(6-14)11(8)13/h3-4H,2,5H2,1H3. The van der Waals surface area contributed by atoms with Gasteiger partial charge in [-0.1, -0.05) is 15.9 Å². The Morgan fingerprint density at radius 1 is 1.62 bits per heavy atom. The summed E-state index contributed by atoms with van der Waals surface area (Å²) in [7, 11) is 0. The lowest BCUT2D eigenvalue weighted by Gasteiger charge is -2.08. The van der Waals surface area contributed by atoms with Crippen molar-refractivity contribution in [1.82, 2.24) is 0 Å². The molecule has 0 amide bonds. The minimum Gasteiger partial charge on any atom is -0.466 e. The number of carbonyl (C=O) groups excluding carboxylic acids is 1. The van der Waals surface area contributed by atoms with E-state index in [0.29, 0.717) is 12.2 Å². The maximum absolute atomic E-state index is 11.4. The highest BCUT2D eigenvalue weighted by atomic mass is 127. The third-order valence-corrected chi connectivity index (χ3v) is 3.91. The molecule has 84 valence electrons. The first kappa shape index (κ1) is 13.5. The number of benzene rings is 1. The second-order valence-corrected chi connectivity index (χ2v) is 4.91. The zero-order valence-corrected chi connectivity index (χ0v) is 12.3. The number of hydrogen-bond donors (Lipinski definition) is 0. The molecule has 0 aliphatic rings. The number of halogens is 2. The van der Waals surface area contributed by atoms with Crippen molar-refractivity contribution in [2.24, 2.45) is 0 Å². The minimum absolute atomic E-state index is 0.183. The van der Waals surface area contributed by atoms with Gasteiger partial charge in [-0.05, 0) is 47.2 Å². The molecule has 0 atom stereocenters. The summed E-state index contributed by atoms with van der Waals surface area (Å²) in [5.74, 6) is -0.281. The molecule has 0 bridgehead atoms.